The molecule has 0 aliphatic carbocycles. The largest absolute Gasteiger partial charge is 0.394 e. The van der Waals surface area contributed by atoms with Crippen LogP contribution in [-0.2, 0) is 0 Å². The average Bonchev–Trinajstić information content (AvgIpc) is 2.21. The number of nitrogens with zero attached hydrogens (tertiary/aromatic N) is 1. The van der Waals surface area contributed by atoms with E-state index >= 15 is 0 Å². The molecule has 1 atom stereocenters. The predicted octanol–water partition coefficient (Wildman–Crippen LogP) is 1.50. The Labute approximate surface area is 97.2 Å². The number of hydrogen-bond acceptors (Lipinski definition) is 3. The minimum atomic E-state index is -0.345. The lowest BCUT2D eigenvalue weighted by Crippen LogP contribution is -2.35. The van der Waals surface area contributed by atoms with Crippen molar-refractivity contribution in [2.45, 2.75) is 13.0 Å². The van der Waals surface area contributed by atoms with E-state index in [1.165, 1.54) is 12.3 Å². The number of aromatic nitrogens is 1. The maximum atomic E-state index is 11.5. The summed E-state index contributed by atoms with van der Waals surface area (Å²) in [6, 6.07) is 1.11. The smallest absolute Gasteiger partial charge is 0.253 e. The van der Waals surface area contributed by atoms with Gasteiger partial charge in [-0.05, 0) is 13.0 Å². The highest BCUT2D eigenvalue weighted by molar-refractivity contribution is 6.41. The van der Waals surface area contributed by atoms with Gasteiger partial charge in [0, 0.05) is 12.2 Å². The van der Waals surface area contributed by atoms with Crippen molar-refractivity contribution in [3.05, 3.63) is 28.0 Å². The van der Waals surface area contributed by atoms with Crippen molar-refractivity contribution in [2.24, 2.45) is 0 Å². The lowest BCUT2D eigenvalue weighted by Gasteiger charge is -2.10. The zero-order chi connectivity index (χ0) is 11.4. The predicted molar refractivity (Wildman–Crippen MR) is 58.3 cm³/mol. The molecule has 0 fully saturated rings. The summed E-state index contributed by atoms with van der Waals surface area (Å²) in [5.41, 5.74) is 0.310. The molecule has 0 saturated heterocycles. The maximum absolute atomic E-state index is 11.5. The van der Waals surface area contributed by atoms with Crippen molar-refractivity contribution >= 4 is 29.1 Å². The number of aliphatic hydroxyl groups excluding tert-OH is 1. The summed E-state index contributed by atoms with van der Waals surface area (Å²) < 4.78 is 0. The van der Waals surface area contributed by atoms with E-state index in [0.717, 1.165) is 0 Å². The van der Waals surface area contributed by atoms with Gasteiger partial charge in [0.1, 0.15) is 5.15 Å². The number of nitrogens with one attached hydrogen (secondary N) is 1. The first-order valence-corrected chi connectivity index (χ1v) is 5.03. The molecule has 0 aliphatic rings. The van der Waals surface area contributed by atoms with E-state index in [2.05, 4.69) is 10.3 Å². The van der Waals surface area contributed by atoms with E-state index in [0.29, 0.717) is 5.56 Å². The molecule has 0 bridgehead atoms. The molecule has 0 aliphatic heterocycles. The fourth-order valence-electron chi connectivity index (χ4n) is 0.898. The number of aliphatic hydroxyl groups is 1. The van der Waals surface area contributed by atoms with Crippen molar-refractivity contribution < 1.29 is 9.90 Å². The zero-order valence-corrected chi connectivity index (χ0v) is 9.51. The molecule has 6 heteroatoms. The molecule has 0 spiro atoms. The molecule has 1 rings (SSSR count). The summed E-state index contributed by atoms with van der Waals surface area (Å²) in [5, 5.41) is 11.7. The summed E-state index contributed by atoms with van der Waals surface area (Å²) >= 11 is 11.3. The maximum Gasteiger partial charge on any atom is 0.253 e. The second kappa shape index (κ2) is 5.30. The van der Waals surface area contributed by atoms with Crippen LogP contribution >= 0.6 is 23.2 Å². The van der Waals surface area contributed by atoms with E-state index < -0.39 is 0 Å². The molecule has 2 N–H and O–H groups in total. The van der Waals surface area contributed by atoms with Gasteiger partial charge in [0.25, 0.3) is 5.91 Å². The van der Waals surface area contributed by atoms with Gasteiger partial charge >= 0.3 is 0 Å². The highest BCUT2D eigenvalue weighted by Gasteiger charge is 2.11. The Balaban J connectivity index is 2.78. The Kier molecular flexibility index (Phi) is 4.32. The average molecular weight is 249 g/mol. The molecule has 0 aromatic carbocycles. The molecule has 1 heterocycles. The first kappa shape index (κ1) is 12.2. The third kappa shape index (κ3) is 3.34. The third-order valence-electron chi connectivity index (χ3n) is 1.71. The number of carbonyl (C=O) groups is 1. The molecule has 1 amide bonds. The van der Waals surface area contributed by atoms with Crippen LogP contribution in [0.4, 0.5) is 0 Å². The van der Waals surface area contributed by atoms with Gasteiger partial charge < -0.3 is 10.4 Å². The van der Waals surface area contributed by atoms with Crippen LogP contribution in [0.25, 0.3) is 0 Å². The molecule has 1 aromatic rings. The van der Waals surface area contributed by atoms with E-state index in [1.807, 2.05) is 0 Å². The molecule has 1 aromatic heterocycles. The van der Waals surface area contributed by atoms with E-state index in [4.69, 9.17) is 28.3 Å². The first-order chi connectivity index (χ1) is 7.04. The summed E-state index contributed by atoms with van der Waals surface area (Å²) in [6.45, 7) is 1.56. The Morgan fingerprint density at radius 2 is 2.33 bits per heavy atom. The zero-order valence-electron chi connectivity index (χ0n) is 8.00. The second-order valence-corrected chi connectivity index (χ2v) is 3.82. The molecule has 1 unspecified atom stereocenters. The van der Waals surface area contributed by atoms with Crippen LogP contribution in [0.5, 0.6) is 0 Å². The van der Waals surface area contributed by atoms with Crippen LogP contribution in [0.1, 0.15) is 17.3 Å². The molecule has 0 radical (unpaired) electrons. The summed E-state index contributed by atoms with van der Waals surface area (Å²) in [4.78, 5) is 15.3. The first-order valence-electron chi connectivity index (χ1n) is 4.27. The highest BCUT2D eigenvalue weighted by atomic mass is 35.5. The third-order valence-corrected chi connectivity index (χ3v) is 2.40. The minimum Gasteiger partial charge on any atom is -0.394 e. The number of halogens is 2. The Bertz CT molecular complexity index is 371. The van der Waals surface area contributed by atoms with Crippen LogP contribution in [0.15, 0.2) is 12.3 Å². The van der Waals surface area contributed by atoms with Crippen molar-refractivity contribution in [2.75, 3.05) is 6.61 Å². The monoisotopic (exact) mass is 248 g/mol. The van der Waals surface area contributed by atoms with E-state index in [-0.39, 0.29) is 28.7 Å². The Morgan fingerprint density at radius 3 is 2.87 bits per heavy atom. The van der Waals surface area contributed by atoms with Crippen LogP contribution in [0, 0.1) is 0 Å². The SMILES string of the molecule is CC(CO)NC(=O)c1cnc(Cl)c(Cl)c1. The normalized spacial score (nSPS) is 12.3. The van der Waals surface area contributed by atoms with E-state index in [9.17, 15) is 4.79 Å². The lowest BCUT2D eigenvalue weighted by molar-refractivity contribution is 0.0922. The molecular weight excluding hydrogens is 239 g/mol. The second-order valence-electron chi connectivity index (χ2n) is 3.05. The van der Waals surface area contributed by atoms with Gasteiger partial charge in [-0.15, -0.1) is 0 Å². The van der Waals surface area contributed by atoms with Gasteiger partial charge in [0.05, 0.1) is 17.2 Å². The summed E-state index contributed by atoms with van der Waals surface area (Å²) in [7, 11) is 0. The molecule has 82 valence electrons. The fraction of sp³-hybridized carbons (Fsp3) is 0.333. The Hall–Kier alpha value is -0.840. The quantitative estimate of drug-likeness (QED) is 0.798. The standard InChI is InChI=1S/C9H10Cl2N2O2/c1-5(4-14)13-9(15)6-2-7(10)8(11)12-3-6/h2-3,5,14H,4H2,1H3,(H,13,15). The van der Waals surface area contributed by atoms with Crippen molar-refractivity contribution in [1.82, 2.24) is 10.3 Å². The molecule has 15 heavy (non-hydrogen) atoms. The number of carbonyl (C=O) groups excluding carboxylic acids is 1. The van der Waals surface area contributed by atoms with Gasteiger partial charge in [-0.25, -0.2) is 4.98 Å². The van der Waals surface area contributed by atoms with Crippen molar-refractivity contribution in [1.29, 1.82) is 0 Å². The minimum absolute atomic E-state index is 0.125. The molecule has 0 saturated carbocycles. The van der Waals surface area contributed by atoms with Gasteiger partial charge in [0.2, 0.25) is 0 Å². The molecule has 4 nitrogen and oxygen atoms in total. The van der Waals surface area contributed by atoms with Gasteiger partial charge in [-0.1, -0.05) is 23.2 Å². The van der Waals surface area contributed by atoms with E-state index in [1.54, 1.807) is 6.92 Å². The van der Waals surface area contributed by atoms with Crippen LogP contribution in [0.2, 0.25) is 10.2 Å². The number of pyridine rings is 1. The van der Waals surface area contributed by atoms with Gasteiger partial charge in [-0.3, -0.25) is 4.79 Å². The Morgan fingerprint density at radius 1 is 1.67 bits per heavy atom. The highest BCUT2D eigenvalue weighted by Crippen LogP contribution is 2.19. The van der Waals surface area contributed by atoms with Gasteiger partial charge in [0.15, 0.2) is 0 Å². The van der Waals surface area contributed by atoms with Crippen LogP contribution in [0.3, 0.4) is 0 Å². The number of rotatable bonds is 3. The summed E-state index contributed by atoms with van der Waals surface area (Å²) in [5.74, 6) is -0.345. The summed E-state index contributed by atoms with van der Waals surface area (Å²) in [6.07, 6.45) is 1.33. The van der Waals surface area contributed by atoms with Crippen LogP contribution < -0.4 is 5.32 Å². The van der Waals surface area contributed by atoms with Gasteiger partial charge in [-0.2, -0.15) is 0 Å². The van der Waals surface area contributed by atoms with Crippen LogP contribution in [-0.4, -0.2) is 28.6 Å². The topological polar surface area (TPSA) is 62.2 Å². The number of amides is 1. The fourth-order valence-corrected chi connectivity index (χ4v) is 1.17. The molecular formula is C9H10Cl2N2O2. The van der Waals surface area contributed by atoms with Crippen molar-refractivity contribution in [3.63, 3.8) is 0 Å². The number of hydrogen-bond donors (Lipinski definition) is 2. The van der Waals surface area contributed by atoms with Crippen molar-refractivity contribution in [3.8, 4) is 0 Å². The lowest BCUT2D eigenvalue weighted by atomic mass is 10.2.